The Bertz CT molecular complexity index is 1020. The number of hydrogen-bond acceptors (Lipinski definition) is 7. The molecule has 0 saturated carbocycles. The SMILES string of the molecule is O=C(Nc1cccc(O)c1)c1ccc(OCCCN2CCCC2)cc1OCc1cscn1. The molecule has 32 heavy (non-hydrogen) atoms. The van der Waals surface area contributed by atoms with Crippen LogP contribution in [-0.4, -0.2) is 47.1 Å². The van der Waals surface area contributed by atoms with E-state index in [1.54, 1.807) is 41.9 Å². The predicted molar refractivity (Wildman–Crippen MR) is 125 cm³/mol. The Morgan fingerprint density at radius 3 is 2.81 bits per heavy atom. The molecule has 3 aromatic rings. The van der Waals surface area contributed by atoms with Crippen LogP contribution in [0.15, 0.2) is 53.4 Å². The lowest BCUT2D eigenvalue weighted by Gasteiger charge is -2.16. The minimum absolute atomic E-state index is 0.0838. The highest BCUT2D eigenvalue weighted by atomic mass is 32.1. The highest BCUT2D eigenvalue weighted by molar-refractivity contribution is 7.07. The normalized spacial score (nSPS) is 13.8. The lowest BCUT2D eigenvalue weighted by molar-refractivity contribution is 0.102. The second-order valence-electron chi connectivity index (χ2n) is 7.68. The van der Waals surface area contributed by atoms with Gasteiger partial charge in [-0.2, -0.15) is 0 Å². The predicted octanol–water partition coefficient (Wildman–Crippen LogP) is 4.54. The molecule has 1 amide bonds. The fourth-order valence-corrected chi connectivity index (χ4v) is 4.17. The van der Waals surface area contributed by atoms with Gasteiger partial charge in [0, 0.05) is 29.7 Å². The molecule has 7 nitrogen and oxygen atoms in total. The summed E-state index contributed by atoms with van der Waals surface area (Å²) in [5, 5.41) is 14.4. The van der Waals surface area contributed by atoms with Gasteiger partial charge in [0.25, 0.3) is 5.91 Å². The average molecular weight is 454 g/mol. The summed E-state index contributed by atoms with van der Waals surface area (Å²) in [6.45, 7) is 4.26. The molecule has 0 atom stereocenters. The number of nitrogens with zero attached hydrogens (tertiary/aromatic N) is 2. The second-order valence-corrected chi connectivity index (χ2v) is 8.40. The van der Waals surface area contributed by atoms with Crippen molar-refractivity contribution in [2.75, 3.05) is 31.6 Å². The van der Waals surface area contributed by atoms with Gasteiger partial charge in [-0.3, -0.25) is 4.79 Å². The Balaban J connectivity index is 1.43. The molecule has 1 saturated heterocycles. The first-order chi connectivity index (χ1) is 15.7. The summed E-state index contributed by atoms with van der Waals surface area (Å²) >= 11 is 1.49. The number of carbonyl (C=O) groups excluding carboxylic acids is 1. The molecule has 0 bridgehead atoms. The number of likely N-dealkylation sites (tertiary alicyclic amines) is 1. The number of amides is 1. The van der Waals surface area contributed by atoms with E-state index >= 15 is 0 Å². The molecule has 168 valence electrons. The first-order valence-corrected chi connectivity index (χ1v) is 11.7. The maximum absolute atomic E-state index is 12.9. The molecule has 1 aliphatic rings. The van der Waals surface area contributed by atoms with Crippen LogP contribution in [0.25, 0.3) is 0 Å². The van der Waals surface area contributed by atoms with E-state index in [2.05, 4.69) is 15.2 Å². The molecule has 1 aliphatic heterocycles. The molecule has 2 heterocycles. The standard InChI is InChI=1S/C24H27N3O4S/c28-20-6-3-5-18(13-20)26-24(29)22-8-7-21(30-12-4-11-27-9-1-2-10-27)14-23(22)31-15-19-16-32-17-25-19/h3,5-8,13-14,16-17,28H,1-2,4,9-12,15H2,(H,26,29). The van der Waals surface area contributed by atoms with Crippen molar-refractivity contribution in [3.05, 3.63) is 64.6 Å². The lowest BCUT2D eigenvalue weighted by atomic mass is 10.1. The number of aromatic hydroxyl groups is 1. The van der Waals surface area contributed by atoms with E-state index < -0.39 is 0 Å². The number of ether oxygens (including phenoxy) is 2. The van der Waals surface area contributed by atoms with Gasteiger partial charge in [-0.25, -0.2) is 4.98 Å². The van der Waals surface area contributed by atoms with Crippen LogP contribution >= 0.6 is 11.3 Å². The number of carbonyl (C=O) groups is 1. The molecule has 0 unspecified atom stereocenters. The minimum Gasteiger partial charge on any atom is -0.508 e. The van der Waals surface area contributed by atoms with Crippen molar-refractivity contribution in [3.8, 4) is 17.2 Å². The van der Waals surface area contributed by atoms with E-state index in [1.165, 1.54) is 43.3 Å². The summed E-state index contributed by atoms with van der Waals surface area (Å²) in [5.41, 5.74) is 3.43. The first-order valence-electron chi connectivity index (χ1n) is 10.8. The highest BCUT2D eigenvalue weighted by Crippen LogP contribution is 2.27. The Labute approximate surface area is 191 Å². The van der Waals surface area contributed by atoms with E-state index in [0.717, 1.165) is 18.7 Å². The van der Waals surface area contributed by atoms with Gasteiger partial charge in [0.05, 0.1) is 23.4 Å². The summed E-state index contributed by atoms with van der Waals surface area (Å²) in [6, 6.07) is 11.7. The number of thiazole rings is 1. The summed E-state index contributed by atoms with van der Waals surface area (Å²) in [6.07, 6.45) is 3.52. The average Bonchev–Trinajstić information content (AvgIpc) is 3.49. The molecule has 2 N–H and O–H groups in total. The highest BCUT2D eigenvalue weighted by Gasteiger charge is 2.16. The first kappa shape index (κ1) is 22.1. The number of benzene rings is 2. The molecule has 8 heteroatoms. The zero-order valence-corrected chi connectivity index (χ0v) is 18.6. The monoisotopic (exact) mass is 453 g/mol. The Morgan fingerprint density at radius 1 is 1.16 bits per heavy atom. The van der Waals surface area contributed by atoms with Crippen LogP contribution in [-0.2, 0) is 6.61 Å². The zero-order valence-electron chi connectivity index (χ0n) is 17.8. The van der Waals surface area contributed by atoms with Crippen LogP contribution in [0.5, 0.6) is 17.2 Å². The largest absolute Gasteiger partial charge is 0.508 e. The van der Waals surface area contributed by atoms with E-state index in [0.29, 0.717) is 29.4 Å². The molecule has 0 aliphatic carbocycles. The van der Waals surface area contributed by atoms with Crippen LogP contribution in [0, 0.1) is 0 Å². The number of aromatic nitrogens is 1. The quantitative estimate of drug-likeness (QED) is 0.439. The molecular formula is C24H27N3O4S. The van der Waals surface area contributed by atoms with Gasteiger partial charge < -0.3 is 24.8 Å². The van der Waals surface area contributed by atoms with Gasteiger partial charge in [-0.05, 0) is 56.6 Å². The summed E-state index contributed by atoms with van der Waals surface area (Å²) in [4.78, 5) is 19.6. The molecule has 0 radical (unpaired) electrons. The van der Waals surface area contributed by atoms with E-state index in [4.69, 9.17) is 9.47 Å². The fraction of sp³-hybridized carbons (Fsp3) is 0.333. The van der Waals surface area contributed by atoms with Crippen molar-refractivity contribution in [1.82, 2.24) is 9.88 Å². The fourth-order valence-electron chi connectivity index (χ4n) is 3.63. The third-order valence-corrected chi connectivity index (χ3v) is 5.88. The van der Waals surface area contributed by atoms with Crippen LogP contribution in [0.1, 0.15) is 35.3 Å². The maximum Gasteiger partial charge on any atom is 0.259 e. The third-order valence-electron chi connectivity index (χ3n) is 5.25. The number of anilines is 1. The third kappa shape index (κ3) is 6.21. The number of phenolic OH excluding ortho intramolecular Hbond substituents is 1. The van der Waals surface area contributed by atoms with Crippen molar-refractivity contribution in [2.45, 2.75) is 25.9 Å². The van der Waals surface area contributed by atoms with Crippen molar-refractivity contribution < 1.29 is 19.4 Å². The molecule has 2 aromatic carbocycles. The molecule has 1 fully saturated rings. The molecule has 0 spiro atoms. The summed E-state index contributed by atoms with van der Waals surface area (Å²) in [7, 11) is 0. The van der Waals surface area contributed by atoms with Gasteiger partial charge in [0.1, 0.15) is 23.9 Å². The van der Waals surface area contributed by atoms with Crippen molar-refractivity contribution in [1.29, 1.82) is 0 Å². The van der Waals surface area contributed by atoms with Crippen molar-refractivity contribution in [3.63, 3.8) is 0 Å². The Kier molecular flexibility index (Phi) is 7.58. The van der Waals surface area contributed by atoms with Crippen LogP contribution < -0.4 is 14.8 Å². The number of phenols is 1. The lowest BCUT2D eigenvalue weighted by Crippen LogP contribution is -2.21. The van der Waals surface area contributed by atoms with E-state index in [1.807, 2.05) is 5.38 Å². The summed E-state index contributed by atoms with van der Waals surface area (Å²) in [5.74, 6) is 0.839. The van der Waals surface area contributed by atoms with Crippen LogP contribution in [0.3, 0.4) is 0 Å². The van der Waals surface area contributed by atoms with Crippen LogP contribution in [0.2, 0.25) is 0 Å². The van der Waals surface area contributed by atoms with Crippen molar-refractivity contribution >= 4 is 22.9 Å². The second kappa shape index (κ2) is 11.0. The van der Waals surface area contributed by atoms with Crippen molar-refractivity contribution in [2.24, 2.45) is 0 Å². The summed E-state index contributed by atoms with van der Waals surface area (Å²) < 4.78 is 11.9. The van der Waals surface area contributed by atoms with Gasteiger partial charge in [0.15, 0.2) is 0 Å². The van der Waals surface area contributed by atoms with Gasteiger partial charge in [0.2, 0.25) is 0 Å². The Hall–Kier alpha value is -3.10. The zero-order chi connectivity index (χ0) is 22.2. The van der Waals surface area contributed by atoms with Gasteiger partial charge in [-0.1, -0.05) is 6.07 Å². The molecular weight excluding hydrogens is 426 g/mol. The number of hydrogen-bond donors (Lipinski definition) is 2. The minimum atomic E-state index is -0.329. The number of rotatable bonds is 10. The Morgan fingerprint density at radius 2 is 2.03 bits per heavy atom. The topological polar surface area (TPSA) is 83.9 Å². The number of nitrogens with one attached hydrogen (secondary N) is 1. The van der Waals surface area contributed by atoms with Gasteiger partial charge in [-0.15, -0.1) is 11.3 Å². The maximum atomic E-state index is 12.9. The molecule has 4 rings (SSSR count). The van der Waals surface area contributed by atoms with E-state index in [-0.39, 0.29) is 18.3 Å². The van der Waals surface area contributed by atoms with E-state index in [9.17, 15) is 9.90 Å². The van der Waals surface area contributed by atoms with Gasteiger partial charge >= 0.3 is 0 Å². The van der Waals surface area contributed by atoms with Crippen LogP contribution in [0.4, 0.5) is 5.69 Å². The smallest absolute Gasteiger partial charge is 0.259 e. The molecule has 1 aromatic heterocycles.